The quantitative estimate of drug-likeness (QED) is 0.871. The molecule has 1 heterocycles. The summed E-state index contributed by atoms with van der Waals surface area (Å²) in [5, 5.41) is 12.0. The molecule has 2 N–H and O–H groups in total. The molecule has 0 aromatic heterocycles. The number of anilines is 1. The number of piperidine rings is 1. The fourth-order valence-electron chi connectivity index (χ4n) is 2.76. The number of amides is 2. The lowest BCUT2D eigenvalue weighted by molar-refractivity contribution is -0.143. The van der Waals surface area contributed by atoms with Gasteiger partial charge in [0.1, 0.15) is 0 Å². The SMILES string of the molecule is CC(CNC(=O)N1CCCC(C(=O)O)C1)N(C)c1ccccc1. The summed E-state index contributed by atoms with van der Waals surface area (Å²) in [5.74, 6) is -1.27. The van der Waals surface area contributed by atoms with Crippen LogP contribution in [0.4, 0.5) is 10.5 Å². The molecule has 6 heteroatoms. The van der Waals surface area contributed by atoms with E-state index in [2.05, 4.69) is 10.2 Å². The van der Waals surface area contributed by atoms with Crippen LogP contribution >= 0.6 is 0 Å². The van der Waals surface area contributed by atoms with Gasteiger partial charge in [0, 0.05) is 38.4 Å². The van der Waals surface area contributed by atoms with Crippen molar-refractivity contribution in [1.29, 1.82) is 0 Å². The minimum absolute atomic E-state index is 0.140. The van der Waals surface area contributed by atoms with Crippen LogP contribution in [-0.4, -0.2) is 54.7 Å². The van der Waals surface area contributed by atoms with E-state index in [0.29, 0.717) is 26.1 Å². The summed E-state index contributed by atoms with van der Waals surface area (Å²) >= 11 is 0. The Labute approximate surface area is 137 Å². The fraction of sp³-hybridized carbons (Fsp3) is 0.529. The smallest absolute Gasteiger partial charge is 0.317 e. The van der Waals surface area contributed by atoms with Crippen molar-refractivity contribution in [2.75, 3.05) is 31.6 Å². The van der Waals surface area contributed by atoms with Crippen molar-refractivity contribution in [2.24, 2.45) is 5.92 Å². The van der Waals surface area contributed by atoms with Gasteiger partial charge in [0.25, 0.3) is 0 Å². The van der Waals surface area contributed by atoms with Crippen LogP contribution in [0.3, 0.4) is 0 Å². The molecule has 1 aromatic carbocycles. The first-order valence-corrected chi connectivity index (χ1v) is 8.02. The van der Waals surface area contributed by atoms with Crippen LogP contribution in [0.1, 0.15) is 19.8 Å². The average Bonchev–Trinajstić information content (AvgIpc) is 2.59. The maximum atomic E-state index is 12.2. The van der Waals surface area contributed by atoms with Crippen LogP contribution in [0.2, 0.25) is 0 Å². The number of carbonyl (C=O) groups excluding carboxylic acids is 1. The molecule has 0 aliphatic carbocycles. The van der Waals surface area contributed by atoms with Crippen LogP contribution in [0.5, 0.6) is 0 Å². The van der Waals surface area contributed by atoms with Gasteiger partial charge in [-0.2, -0.15) is 0 Å². The number of nitrogens with one attached hydrogen (secondary N) is 1. The van der Waals surface area contributed by atoms with Gasteiger partial charge >= 0.3 is 12.0 Å². The van der Waals surface area contributed by atoms with Gasteiger partial charge in [-0.15, -0.1) is 0 Å². The second kappa shape index (κ2) is 7.85. The number of urea groups is 1. The molecule has 1 aromatic rings. The second-order valence-electron chi connectivity index (χ2n) is 6.10. The number of likely N-dealkylation sites (tertiary alicyclic amines) is 1. The van der Waals surface area contributed by atoms with E-state index in [1.165, 1.54) is 0 Å². The van der Waals surface area contributed by atoms with E-state index in [-0.39, 0.29) is 12.1 Å². The Morgan fingerprint density at radius 3 is 2.74 bits per heavy atom. The monoisotopic (exact) mass is 319 g/mol. The molecule has 23 heavy (non-hydrogen) atoms. The lowest BCUT2D eigenvalue weighted by Crippen LogP contribution is -2.49. The van der Waals surface area contributed by atoms with E-state index in [0.717, 1.165) is 12.1 Å². The maximum Gasteiger partial charge on any atom is 0.317 e. The zero-order valence-corrected chi connectivity index (χ0v) is 13.7. The lowest BCUT2D eigenvalue weighted by Gasteiger charge is -2.32. The van der Waals surface area contributed by atoms with E-state index in [1.807, 2.05) is 44.3 Å². The highest BCUT2D eigenvalue weighted by Gasteiger charge is 2.28. The highest BCUT2D eigenvalue weighted by Crippen LogP contribution is 2.17. The number of para-hydroxylation sites is 1. The first-order valence-electron chi connectivity index (χ1n) is 8.02. The lowest BCUT2D eigenvalue weighted by atomic mass is 9.99. The zero-order valence-electron chi connectivity index (χ0n) is 13.7. The molecule has 1 aliphatic rings. The van der Waals surface area contributed by atoms with E-state index in [9.17, 15) is 9.59 Å². The number of aliphatic carboxylic acids is 1. The van der Waals surface area contributed by atoms with Crippen molar-refractivity contribution in [2.45, 2.75) is 25.8 Å². The average molecular weight is 319 g/mol. The zero-order chi connectivity index (χ0) is 16.8. The van der Waals surface area contributed by atoms with Crippen LogP contribution in [0.25, 0.3) is 0 Å². The van der Waals surface area contributed by atoms with Gasteiger partial charge in [-0.05, 0) is 31.9 Å². The van der Waals surface area contributed by atoms with Crippen LogP contribution < -0.4 is 10.2 Å². The molecule has 2 unspecified atom stereocenters. The van der Waals surface area contributed by atoms with Crippen LogP contribution in [0.15, 0.2) is 30.3 Å². The van der Waals surface area contributed by atoms with Gasteiger partial charge in [-0.1, -0.05) is 18.2 Å². The van der Waals surface area contributed by atoms with Gasteiger partial charge < -0.3 is 20.2 Å². The molecule has 6 nitrogen and oxygen atoms in total. The molecule has 1 aliphatic heterocycles. The number of hydrogen-bond acceptors (Lipinski definition) is 3. The van der Waals surface area contributed by atoms with Crippen molar-refractivity contribution in [3.63, 3.8) is 0 Å². The van der Waals surface area contributed by atoms with Gasteiger partial charge in [0.2, 0.25) is 0 Å². The number of nitrogens with zero attached hydrogens (tertiary/aromatic N) is 2. The number of hydrogen-bond donors (Lipinski definition) is 2. The summed E-state index contributed by atoms with van der Waals surface area (Å²) in [6, 6.07) is 9.96. The van der Waals surface area contributed by atoms with Crippen molar-refractivity contribution in [1.82, 2.24) is 10.2 Å². The van der Waals surface area contributed by atoms with Crippen LogP contribution in [-0.2, 0) is 4.79 Å². The predicted octanol–water partition coefficient (Wildman–Crippen LogP) is 2.02. The molecule has 0 saturated carbocycles. The summed E-state index contributed by atoms with van der Waals surface area (Å²) < 4.78 is 0. The van der Waals surface area contributed by atoms with Crippen LogP contribution in [0, 0.1) is 5.92 Å². The topological polar surface area (TPSA) is 72.9 Å². The first kappa shape index (κ1) is 17.1. The minimum atomic E-state index is -0.820. The molecule has 1 saturated heterocycles. The normalized spacial score (nSPS) is 19.0. The number of carboxylic acid groups (broad SMARTS) is 1. The fourth-order valence-corrected chi connectivity index (χ4v) is 2.76. The summed E-state index contributed by atoms with van der Waals surface area (Å²) in [4.78, 5) is 27.0. The number of rotatable bonds is 5. The number of carbonyl (C=O) groups is 2. The predicted molar refractivity (Wildman–Crippen MR) is 89.6 cm³/mol. The summed E-state index contributed by atoms with van der Waals surface area (Å²) in [6.07, 6.45) is 1.39. The van der Waals surface area contributed by atoms with Crippen molar-refractivity contribution < 1.29 is 14.7 Å². The molecular weight excluding hydrogens is 294 g/mol. The molecule has 0 radical (unpaired) electrons. The Bertz CT molecular complexity index is 535. The van der Waals surface area contributed by atoms with Gasteiger partial charge in [-0.3, -0.25) is 4.79 Å². The van der Waals surface area contributed by atoms with Gasteiger partial charge in [0.05, 0.1) is 5.92 Å². The summed E-state index contributed by atoms with van der Waals surface area (Å²) in [7, 11) is 1.99. The van der Waals surface area contributed by atoms with Crippen molar-refractivity contribution in [3.8, 4) is 0 Å². The molecule has 126 valence electrons. The molecule has 2 amide bonds. The molecular formula is C17H25N3O3. The highest BCUT2D eigenvalue weighted by atomic mass is 16.4. The highest BCUT2D eigenvalue weighted by molar-refractivity contribution is 5.76. The first-order chi connectivity index (χ1) is 11.0. The second-order valence-corrected chi connectivity index (χ2v) is 6.10. The summed E-state index contributed by atoms with van der Waals surface area (Å²) in [5.41, 5.74) is 1.10. The van der Waals surface area contributed by atoms with E-state index < -0.39 is 11.9 Å². The summed E-state index contributed by atoms with van der Waals surface area (Å²) in [6.45, 7) is 3.48. The van der Waals surface area contributed by atoms with Gasteiger partial charge in [0.15, 0.2) is 0 Å². The number of benzene rings is 1. The largest absolute Gasteiger partial charge is 0.481 e. The molecule has 1 fully saturated rings. The number of carboxylic acids is 1. The molecule has 2 atom stereocenters. The Morgan fingerprint density at radius 2 is 2.09 bits per heavy atom. The third kappa shape index (κ3) is 4.61. The standard InChI is InChI=1S/C17H25N3O3/c1-13(19(2)15-8-4-3-5-9-15)11-18-17(23)20-10-6-7-14(12-20)16(21)22/h3-5,8-9,13-14H,6-7,10-12H2,1-2H3,(H,18,23)(H,21,22). The third-order valence-corrected chi connectivity index (χ3v) is 4.43. The van der Waals surface area contributed by atoms with E-state index >= 15 is 0 Å². The van der Waals surface area contributed by atoms with E-state index in [1.54, 1.807) is 4.90 Å². The van der Waals surface area contributed by atoms with Crippen molar-refractivity contribution >= 4 is 17.7 Å². The third-order valence-electron chi connectivity index (χ3n) is 4.43. The maximum absolute atomic E-state index is 12.2. The molecule has 0 bridgehead atoms. The van der Waals surface area contributed by atoms with Crippen molar-refractivity contribution in [3.05, 3.63) is 30.3 Å². The Balaban J connectivity index is 1.82. The Morgan fingerprint density at radius 1 is 1.39 bits per heavy atom. The molecule has 0 spiro atoms. The Kier molecular flexibility index (Phi) is 5.84. The Hall–Kier alpha value is -2.24. The number of likely N-dealkylation sites (N-methyl/N-ethyl adjacent to an activating group) is 1. The van der Waals surface area contributed by atoms with E-state index in [4.69, 9.17) is 5.11 Å². The molecule has 2 rings (SSSR count). The minimum Gasteiger partial charge on any atom is -0.481 e. The van der Waals surface area contributed by atoms with Gasteiger partial charge in [-0.25, -0.2) is 4.79 Å².